The maximum atomic E-state index is 5.35. The van der Waals surface area contributed by atoms with E-state index in [1.165, 1.54) is 12.8 Å². The predicted octanol–water partition coefficient (Wildman–Crippen LogP) is 2.21. The number of piperidine rings is 1. The first-order valence-corrected chi connectivity index (χ1v) is 9.28. The van der Waals surface area contributed by atoms with E-state index in [-0.39, 0.29) is 5.92 Å². The molecule has 8 nitrogen and oxygen atoms in total. The van der Waals surface area contributed by atoms with Crippen LogP contribution in [0, 0.1) is 0 Å². The van der Waals surface area contributed by atoms with Gasteiger partial charge < -0.3 is 14.4 Å². The molecule has 2 aromatic heterocycles. The van der Waals surface area contributed by atoms with Gasteiger partial charge in [0.2, 0.25) is 11.8 Å². The highest BCUT2D eigenvalue weighted by molar-refractivity contribution is 5.02. The van der Waals surface area contributed by atoms with Gasteiger partial charge in [-0.15, -0.1) is 0 Å². The van der Waals surface area contributed by atoms with Crippen LogP contribution >= 0.6 is 0 Å². The Morgan fingerprint density at radius 1 is 1.16 bits per heavy atom. The average molecular weight is 346 g/mol. The number of nitrogens with zero attached hydrogens (tertiary/aromatic N) is 5. The molecular formula is C17H26N6O2. The SMILES string of the molecule is CC(C)c1noc(CN[C@H]2CCCN(Cc3noc(C4CC4)n3)C2)n1. The number of hydrogen-bond acceptors (Lipinski definition) is 8. The smallest absolute Gasteiger partial charge is 0.240 e. The molecule has 1 saturated carbocycles. The number of rotatable bonds is 7. The van der Waals surface area contributed by atoms with Crippen LogP contribution in [0.25, 0.3) is 0 Å². The standard InChI is InChI=1S/C17H26N6O2/c1-11(2)16-20-15(24-22-16)8-18-13-4-3-7-23(9-13)10-14-19-17(25-21-14)12-5-6-12/h11-13,18H,3-10H2,1-2H3/t13-/m0/s1. The third-order valence-corrected chi connectivity index (χ3v) is 4.82. The highest BCUT2D eigenvalue weighted by Crippen LogP contribution is 2.38. The first-order chi connectivity index (χ1) is 12.2. The molecule has 0 amide bonds. The summed E-state index contributed by atoms with van der Waals surface area (Å²) in [5, 5.41) is 11.7. The van der Waals surface area contributed by atoms with Crippen LogP contribution in [-0.2, 0) is 13.1 Å². The van der Waals surface area contributed by atoms with Crippen molar-refractivity contribution in [3.8, 4) is 0 Å². The second-order valence-corrected chi connectivity index (χ2v) is 7.48. The minimum Gasteiger partial charge on any atom is -0.339 e. The second kappa shape index (κ2) is 7.21. The summed E-state index contributed by atoms with van der Waals surface area (Å²) < 4.78 is 10.7. The Balaban J connectivity index is 1.26. The summed E-state index contributed by atoms with van der Waals surface area (Å²) >= 11 is 0. The summed E-state index contributed by atoms with van der Waals surface area (Å²) in [5.74, 6) is 3.86. The van der Waals surface area contributed by atoms with Gasteiger partial charge in [-0.25, -0.2) is 0 Å². The fraction of sp³-hybridized carbons (Fsp3) is 0.765. The lowest BCUT2D eigenvalue weighted by atomic mass is 10.1. The summed E-state index contributed by atoms with van der Waals surface area (Å²) in [6, 6.07) is 0.415. The zero-order valence-electron chi connectivity index (χ0n) is 14.9. The van der Waals surface area contributed by atoms with E-state index in [1.54, 1.807) is 0 Å². The fourth-order valence-corrected chi connectivity index (χ4v) is 3.20. The molecule has 136 valence electrons. The molecule has 2 aromatic rings. The van der Waals surface area contributed by atoms with Crippen molar-refractivity contribution in [3.63, 3.8) is 0 Å². The molecule has 1 N–H and O–H groups in total. The third-order valence-electron chi connectivity index (χ3n) is 4.82. The topological polar surface area (TPSA) is 93.1 Å². The van der Waals surface area contributed by atoms with E-state index in [1.807, 2.05) is 0 Å². The van der Waals surface area contributed by atoms with E-state index >= 15 is 0 Å². The monoisotopic (exact) mass is 346 g/mol. The minimum absolute atomic E-state index is 0.290. The van der Waals surface area contributed by atoms with Gasteiger partial charge in [-0.3, -0.25) is 4.90 Å². The molecule has 8 heteroatoms. The van der Waals surface area contributed by atoms with E-state index in [9.17, 15) is 0 Å². The van der Waals surface area contributed by atoms with Gasteiger partial charge in [0.05, 0.1) is 13.1 Å². The van der Waals surface area contributed by atoms with Crippen molar-refractivity contribution < 1.29 is 9.05 Å². The third kappa shape index (κ3) is 4.24. The number of aromatic nitrogens is 4. The Morgan fingerprint density at radius 3 is 2.80 bits per heavy atom. The van der Waals surface area contributed by atoms with E-state index < -0.39 is 0 Å². The second-order valence-electron chi connectivity index (χ2n) is 7.48. The maximum Gasteiger partial charge on any atom is 0.240 e. The van der Waals surface area contributed by atoms with Crippen LogP contribution in [0.15, 0.2) is 9.05 Å². The predicted molar refractivity (Wildman–Crippen MR) is 89.8 cm³/mol. The molecule has 1 saturated heterocycles. The van der Waals surface area contributed by atoms with Gasteiger partial charge in [0.25, 0.3) is 0 Å². The van der Waals surface area contributed by atoms with Crippen molar-refractivity contribution in [1.82, 2.24) is 30.5 Å². The molecule has 3 heterocycles. The largest absolute Gasteiger partial charge is 0.339 e. The Morgan fingerprint density at radius 2 is 2.04 bits per heavy atom. The van der Waals surface area contributed by atoms with Gasteiger partial charge in [-0.05, 0) is 32.2 Å². The van der Waals surface area contributed by atoms with Gasteiger partial charge in [-0.2, -0.15) is 9.97 Å². The van der Waals surface area contributed by atoms with Crippen molar-refractivity contribution in [1.29, 1.82) is 0 Å². The van der Waals surface area contributed by atoms with E-state index in [0.29, 0.717) is 24.4 Å². The summed E-state index contributed by atoms with van der Waals surface area (Å²) in [7, 11) is 0. The van der Waals surface area contributed by atoms with Crippen LogP contribution in [0.5, 0.6) is 0 Å². The van der Waals surface area contributed by atoms with Crippen molar-refractivity contribution in [2.75, 3.05) is 13.1 Å². The summed E-state index contributed by atoms with van der Waals surface area (Å²) in [5.41, 5.74) is 0. The molecule has 0 spiro atoms. The van der Waals surface area contributed by atoms with Gasteiger partial charge in [0.1, 0.15) is 0 Å². The molecule has 0 bridgehead atoms. The maximum absolute atomic E-state index is 5.35. The van der Waals surface area contributed by atoms with Gasteiger partial charge in [0.15, 0.2) is 11.6 Å². The quantitative estimate of drug-likeness (QED) is 0.815. The molecule has 4 rings (SSSR count). The molecule has 2 fully saturated rings. The summed E-state index contributed by atoms with van der Waals surface area (Å²) in [4.78, 5) is 11.3. The van der Waals surface area contributed by atoms with E-state index in [0.717, 1.165) is 50.0 Å². The zero-order chi connectivity index (χ0) is 17.2. The van der Waals surface area contributed by atoms with Gasteiger partial charge in [-0.1, -0.05) is 24.2 Å². The zero-order valence-corrected chi connectivity index (χ0v) is 14.9. The molecular weight excluding hydrogens is 320 g/mol. The summed E-state index contributed by atoms with van der Waals surface area (Å²) in [6.45, 7) is 7.54. The molecule has 1 aliphatic heterocycles. The Labute approximate surface area is 147 Å². The van der Waals surface area contributed by atoms with Crippen LogP contribution < -0.4 is 5.32 Å². The van der Waals surface area contributed by atoms with E-state index in [4.69, 9.17) is 9.05 Å². The Kier molecular flexibility index (Phi) is 4.80. The van der Waals surface area contributed by atoms with Crippen LogP contribution in [0.3, 0.4) is 0 Å². The Bertz CT molecular complexity index is 693. The molecule has 0 unspecified atom stereocenters. The molecule has 1 aliphatic carbocycles. The lowest BCUT2D eigenvalue weighted by molar-refractivity contribution is 0.174. The first kappa shape index (κ1) is 16.7. The highest BCUT2D eigenvalue weighted by Gasteiger charge is 2.30. The van der Waals surface area contributed by atoms with Gasteiger partial charge in [0, 0.05) is 24.4 Å². The molecule has 0 radical (unpaired) electrons. The van der Waals surface area contributed by atoms with Crippen molar-refractivity contribution >= 4 is 0 Å². The molecule has 2 aliphatic rings. The molecule has 25 heavy (non-hydrogen) atoms. The molecule has 1 atom stereocenters. The molecule has 0 aromatic carbocycles. The van der Waals surface area contributed by atoms with Crippen molar-refractivity contribution in [3.05, 3.63) is 23.4 Å². The van der Waals surface area contributed by atoms with Crippen molar-refractivity contribution in [2.24, 2.45) is 0 Å². The fourth-order valence-electron chi connectivity index (χ4n) is 3.20. The number of hydrogen-bond donors (Lipinski definition) is 1. The summed E-state index contributed by atoms with van der Waals surface area (Å²) in [6.07, 6.45) is 4.68. The van der Waals surface area contributed by atoms with Gasteiger partial charge >= 0.3 is 0 Å². The van der Waals surface area contributed by atoms with Crippen LogP contribution in [0.4, 0.5) is 0 Å². The first-order valence-electron chi connectivity index (χ1n) is 9.28. The number of likely N-dealkylation sites (tertiary alicyclic amines) is 1. The average Bonchev–Trinajstić information content (AvgIpc) is 3.16. The normalized spacial score (nSPS) is 22.0. The highest BCUT2D eigenvalue weighted by atomic mass is 16.5. The van der Waals surface area contributed by atoms with Crippen LogP contribution in [-0.4, -0.2) is 44.3 Å². The Hall–Kier alpha value is -1.80. The lowest BCUT2D eigenvalue weighted by Gasteiger charge is -2.32. The van der Waals surface area contributed by atoms with Crippen LogP contribution in [0.1, 0.15) is 74.8 Å². The minimum atomic E-state index is 0.290. The van der Waals surface area contributed by atoms with E-state index in [2.05, 4.69) is 44.3 Å². The lowest BCUT2D eigenvalue weighted by Crippen LogP contribution is -2.45. The number of nitrogens with one attached hydrogen (secondary N) is 1. The van der Waals surface area contributed by atoms with Crippen molar-refractivity contribution in [2.45, 2.75) is 70.5 Å². The van der Waals surface area contributed by atoms with Crippen LogP contribution in [0.2, 0.25) is 0 Å².